The fourth-order valence-corrected chi connectivity index (χ4v) is 2.92. The lowest BCUT2D eigenvalue weighted by Gasteiger charge is -2.17. The van der Waals surface area contributed by atoms with Crippen LogP contribution in [0.2, 0.25) is 0 Å². The number of hydrogen-bond acceptors (Lipinski definition) is 5. The van der Waals surface area contributed by atoms with Gasteiger partial charge in [-0.3, -0.25) is 9.59 Å². The number of halogens is 6. The molecule has 0 aromatic heterocycles. The predicted octanol–water partition coefficient (Wildman–Crippen LogP) is 2.03. The predicted molar refractivity (Wildman–Crippen MR) is 112 cm³/mol. The molecule has 2 aromatic rings. The molecule has 0 saturated heterocycles. The van der Waals surface area contributed by atoms with Crippen molar-refractivity contribution in [3.8, 4) is 0 Å². The minimum absolute atomic E-state index is 0.152. The van der Waals surface area contributed by atoms with Crippen LogP contribution in [0.5, 0.6) is 0 Å². The lowest BCUT2D eigenvalue weighted by Crippen LogP contribution is -2.48. The number of carboxylic acid groups (broad SMARTS) is 1. The van der Waals surface area contributed by atoms with E-state index in [1.165, 1.54) is 0 Å². The van der Waals surface area contributed by atoms with Crippen LogP contribution in [0.4, 0.5) is 26.3 Å². The second-order valence-electron chi connectivity index (χ2n) is 7.21. The van der Waals surface area contributed by atoms with Crippen LogP contribution in [-0.2, 0) is 26.6 Å². The van der Waals surface area contributed by atoms with Gasteiger partial charge in [0.15, 0.2) is 0 Å². The molecule has 0 aliphatic heterocycles. The molecule has 0 atom stereocenters. The standard InChI is InChI=1S/C21H21BF6N2O4/c23-20(24,25)14-2-6-16(7-3-14)22(17-8-4-15(5-9-17)21(26,27)28)34-19(33)13-30-11-1-10-29-12-18(31)32/h2-9,29-30H,1,10-13H2,(H,31,32). The van der Waals surface area contributed by atoms with Crippen LogP contribution in [0.1, 0.15) is 17.5 Å². The molecular formula is C21H21BF6N2O4. The zero-order valence-electron chi connectivity index (χ0n) is 17.7. The summed E-state index contributed by atoms with van der Waals surface area (Å²) in [6, 6.07) is 7.57. The normalized spacial score (nSPS) is 11.8. The van der Waals surface area contributed by atoms with E-state index < -0.39 is 42.3 Å². The van der Waals surface area contributed by atoms with Crippen molar-refractivity contribution in [2.45, 2.75) is 18.8 Å². The first-order chi connectivity index (χ1) is 15.9. The number of aliphatic carboxylic acids is 1. The van der Waals surface area contributed by atoms with Gasteiger partial charge in [-0.15, -0.1) is 0 Å². The largest absolute Gasteiger partial charge is 0.525 e. The molecule has 0 heterocycles. The number of rotatable bonds is 11. The van der Waals surface area contributed by atoms with Crippen molar-refractivity contribution in [3.05, 3.63) is 59.7 Å². The molecule has 0 bridgehead atoms. The maximum atomic E-state index is 12.9. The highest BCUT2D eigenvalue weighted by Crippen LogP contribution is 2.29. The molecule has 0 unspecified atom stereocenters. The van der Waals surface area contributed by atoms with Crippen molar-refractivity contribution in [2.75, 3.05) is 26.2 Å². The van der Waals surface area contributed by atoms with E-state index in [2.05, 4.69) is 10.6 Å². The maximum absolute atomic E-state index is 12.9. The number of carbonyl (C=O) groups excluding carboxylic acids is 1. The van der Waals surface area contributed by atoms with Crippen LogP contribution in [0, 0.1) is 0 Å². The minimum atomic E-state index is -4.58. The number of nitrogens with one attached hydrogen (secondary N) is 2. The van der Waals surface area contributed by atoms with Crippen LogP contribution in [0.25, 0.3) is 0 Å². The zero-order valence-corrected chi connectivity index (χ0v) is 17.7. The number of alkyl halides is 6. The number of benzene rings is 2. The third-order valence-electron chi connectivity index (χ3n) is 4.58. The molecule has 13 heteroatoms. The van der Waals surface area contributed by atoms with Gasteiger partial charge in [0.1, 0.15) is 0 Å². The van der Waals surface area contributed by atoms with Gasteiger partial charge in [0.2, 0.25) is 0 Å². The Bertz CT molecular complexity index is 892. The molecule has 0 radical (unpaired) electrons. The van der Waals surface area contributed by atoms with E-state index in [0.717, 1.165) is 48.5 Å². The Balaban J connectivity index is 2.08. The number of hydrogen-bond donors (Lipinski definition) is 3. The Morgan fingerprint density at radius 3 is 1.56 bits per heavy atom. The van der Waals surface area contributed by atoms with Crippen LogP contribution < -0.4 is 21.6 Å². The average Bonchev–Trinajstić information content (AvgIpc) is 2.75. The van der Waals surface area contributed by atoms with Crippen molar-refractivity contribution < 1.29 is 45.7 Å². The molecule has 2 aromatic carbocycles. The van der Waals surface area contributed by atoms with Crippen molar-refractivity contribution >= 4 is 29.8 Å². The molecule has 0 saturated carbocycles. The molecule has 34 heavy (non-hydrogen) atoms. The Labute approximate surface area is 191 Å². The van der Waals surface area contributed by atoms with E-state index in [0.29, 0.717) is 19.5 Å². The first-order valence-corrected chi connectivity index (χ1v) is 10.0. The smallest absolute Gasteiger partial charge is 0.429 e. The second kappa shape index (κ2) is 11.9. The van der Waals surface area contributed by atoms with Gasteiger partial charge in [-0.05, 0) is 30.4 Å². The van der Waals surface area contributed by atoms with E-state index in [4.69, 9.17) is 9.76 Å². The summed E-state index contributed by atoms with van der Waals surface area (Å²) in [6.07, 6.45) is -8.66. The quantitative estimate of drug-likeness (QED) is 0.254. The summed E-state index contributed by atoms with van der Waals surface area (Å²) < 4.78 is 82.6. The fraction of sp³-hybridized carbons (Fsp3) is 0.333. The van der Waals surface area contributed by atoms with Gasteiger partial charge in [0.05, 0.1) is 24.2 Å². The summed E-state index contributed by atoms with van der Waals surface area (Å²) in [4.78, 5) is 22.7. The summed E-state index contributed by atoms with van der Waals surface area (Å²) in [5, 5.41) is 14.0. The van der Waals surface area contributed by atoms with Gasteiger partial charge in [-0.25, -0.2) is 0 Å². The SMILES string of the molecule is O=C(O)CNCCCNCC(=O)OB(c1ccc(C(F)(F)F)cc1)c1ccc(C(F)(F)F)cc1. The van der Waals surface area contributed by atoms with Gasteiger partial charge < -0.3 is 20.4 Å². The molecule has 0 aliphatic carbocycles. The molecule has 184 valence electrons. The van der Waals surface area contributed by atoms with Gasteiger partial charge in [-0.1, -0.05) is 48.5 Å². The highest BCUT2D eigenvalue weighted by Gasteiger charge is 2.33. The van der Waals surface area contributed by atoms with Crippen molar-refractivity contribution in [3.63, 3.8) is 0 Å². The van der Waals surface area contributed by atoms with Gasteiger partial charge in [0.25, 0.3) is 0 Å². The summed E-state index contributed by atoms with van der Waals surface area (Å²) in [5.74, 6) is -1.78. The third kappa shape index (κ3) is 8.71. The topological polar surface area (TPSA) is 87.7 Å². The summed E-state index contributed by atoms with van der Waals surface area (Å²) in [7, 11) is 0. The molecule has 2 rings (SSSR count). The Kier molecular flexibility index (Phi) is 9.50. The van der Waals surface area contributed by atoms with E-state index >= 15 is 0 Å². The summed E-state index contributed by atoms with van der Waals surface area (Å²) >= 11 is 0. The molecule has 6 nitrogen and oxygen atoms in total. The van der Waals surface area contributed by atoms with Crippen LogP contribution in [-0.4, -0.2) is 50.1 Å². The molecule has 0 amide bonds. The van der Waals surface area contributed by atoms with E-state index in [1.54, 1.807) is 0 Å². The Hall–Kier alpha value is -3.06. The van der Waals surface area contributed by atoms with Gasteiger partial charge >= 0.3 is 31.2 Å². The monoisotopic (exact) mass is 490 g/mol. The molecular weight excluding hydrogens is 469 g/mol. The van der Waals surface area contributed by atoms with E-state index in [1.807, 2.05) is 0 Å². The van der Waals surface area contributed by atoms with E-state index in [-0.39, 0.29) is 24.0 Å². The van der Waals surface area contributed by atoms with Crippen molar-refractivity contribution in [2.24, 2.45) is 0 Å². The van der Waals surface area contributed by atoms with Crippen LogP contribution in [0.15, 0.2) is 48.5 Å². The van der Waals surface area contributed by atoms with Gasteiger partial charge in [-0.2, -0.15) is 26.3 Å². The summed E-state index contributed by atoms with van der Waals surface area (Å²) in [5.41, 5.74) is -1.54. The molecule has 3 N–H and O–H groups in total. The van der Waals surface area contributed by atoms with Crippen LogP contribution in [0.3, 0.4) is 0 Å². The second-order valence-corrected chi connectivity index (χ2v) is 7.21. The number of carboxylic acids is 1. The molecule has 0 spiro atoms. The summed E-state index contributed by atoms with van der Waals surface area (Å²) in [6.45, 7) is -0.974. The third-order valence-corrected chi connectivity index (χ3v) is 4.58. The zero-order chi connectivity index (χ0) is 25.4. The highest BCUT2D eigenvalue weighted by molar-refractivity contribution is 6.81. The average molecular weight is 490 g/mol. The lowest BCUT2D eigenvalue weighted by molar-refractivity contribution is -0.138. The fourth-order valence-electron chi connectivity index (χ4n) is 2.92. The van der Waals surface area contributed by atoms with E-state index in [9.17, 15) is 35.9 Å². The maximum Gasteiger partial charge on any atom is 0.429 e. The van der Waals surface area contributed by atoms with Crippen LogP contribution >= 0.6 is 0 Å². The molecule has 0 fully saturated rings. The first kappa shape index (κ1) is 27.2. The molecule has 0 aliphatic rings. The van der Waals surface area contributed by atoms with Crippen molar-refractivity contribution in [1.29, 1.82) is 0 Å². The number of carbonyl (C=O) groups is 2. The minimum Gasteiger partial charge on any atom is -0.525 e. The highest BCUT2D eigenvalue weighted by atomic mass is 19.4. The van der Waals surface area contributed by atoms with Crippen molar-refractivity contribution in [1.82, 2.24) is 10.6 Å². The Morgan fingerprint density at radius 2 is 1.18 bits per heavy atom. The van der Waals surface area contributed by atoms with Gasteiger partial charge in [0, 0.05) is 0 Å². The Morgan fingerprint density at radius 1 is 0.765 bits per heavy atom. The first-order valence-electron chi connectivity index (χ1n) is 10.0. The lowest BCUT2D eigenvalue weighted by atomic mass is 9.55.